The van der Waals surface area contributed by atoms with Crippen molar-refractivity contribution in [3.63, 3.8) is 0 Å². The Bertz CT molecular complexity index is 1150. The minimum atomic E-state index is -4.39. The highest BCUT2D eigenvalue weighted by Crippen LogP contribution is 2.34. The molecule has 154 valence electrons. The van der Waals surface area contributed by atoms with Gasteiger partial charge in [0.25, 0.3) is 0 Å². The van der Waals surface area contributed by atoms with Gasteiger partial charge in [-0.3, -0.25) is 4.90 Å². The van der Waals surface area contributed by atoms with Crippen LogP contribution in [0.2, 0.25) is 0 Å². The second-order valence-corrected chi connectivity index (χ2v) is 7.23. The van der Waals surface area contributed by atoms with E-state index in [1.165, 1.54) is 12.1 Å². The quantitative estimate of drug-likeness (QED) is 0.632. The number of pyridine rings is 1. The number of para-hydroxylation sites is 1. The summed E-state index contributed by atoms with van der Waals surface area (Å²) in [5, 5.41) is 10.5. The Morgan fingerprint density at radius 1 is 1.13 bits per heavy atom. The molecule has 0 fully saturated rings. The fraction of sp³-hybridized carbons (Fsp3) is 0.217. The summed E-state index contributed by atoms with van der Waals surface area (Å²) < 4.78 is 38.6. The van der Waals surface area contributed by atoms with Crippen molar-refractivity contribution in [1.29, 1.82) is 0 Å². The smallest absolute Gasteiger partial charge is 0.416 e. The van der Waals surface area contributed by atoms with E-state index in [0.717, 1.165) is 17.7 Å². The van der Waals surface area contributed by atoms with Gasteiger partial charge >= 0.3 is 12.1 Å². The highest BCUT2D eigenvalue weighted by Gasteiger charge is 2.30. The van der Waals surface area contributed by atoms with Gasteiger partial charge in [-0.15, -0.1) is 0 Å². The van der Waals surface area contributed by atoms with Crippen LogP contribution < -0.4 is 0 Å². The Morgan fingerprint density at radius 2 is 1.83 bits per heavy atom. The zero-order valence-electron chi connectivity index (χ0n) is 16.2. The lowest BCUT2D eigenvalue weighted by Crippen LogP contribution is -2.31. The number of carboxylic acid groups (broad SMARTS) is 1. The van der Waals surface area contributed by atoms with Crippen molar-refractivity contribution in [2.75, 3.05) is 13.1 Å². The van der Waals surface area contributed by atoms with Gasteiger partial charge in [-0.05, 0) is 42.0 Å². The van der Waals surface area contributed by atoms with Gasteiger partial charge < -0.3 is 5.11 Å². The zero-order valence-corrected chi connectivity index (χ0v) is 16.2. The van der Waals surface area contributed by atoms with Crippen LogP contribution in [-0.4, -0.2) is 34.0 Å². The molecule has 2 aromatic carbocycles. The van der Waals surface area contributed by atoms with Crippen LogP contribution in [0.5, 0.6) is 0 Å². The first-order chi connectivity index (χ1) is 14.3. The van der Waals surface area contributed by atoms with Crippen molar-refractivity contribution in [1.82, 2.24) is 9.88 Å². The number of aromatic nitrogens is 1. The normalized spacial score (nSPS) is 16.1. The van der Waals surface area contributed by atoms with Gasteiger partial charge in [-0.1, -0.05) is 37.3 Å². The summed E-state index contributed by atoms with van der Waals surface area (Å²) in [5.41, 5.74) is 2.72. The van der Waals surface area contributed by atoms with Crippen molar-refractivity contribution < 1.29 is 23.1 Å². The van der Waals surface area contributed by atoms with Gasteiger partial charge in [0.15, 0.2) is 0 Å². The Hall–Kier alpha value is -3.19. The largest absolute Gasteiger partial charge is 0.478 e. The molecule has 0 aliphatic carbocycles. The molecule has 30 heavy (non-hydrogen) atoms. The highest BCUT2D eigenvalue weighted by atomic mass is 19.4. The summed E-state index contributed by atoms with van der Waals surface area (Å²) in [5.74, 6) is -1.02. The van der Waals surface area contributed by atoms with Gasteiger partial charge in [0, 0.05) is 24.0 Å². The summed E-state index contributed by atoms with van der Waals surface area (Å²) in [6.07, 6.45) is -2.60. The van der Waals surface area contributed by atoms with E-state index in [0.29, 0.717) is 47.4 Å². The van der Waals surface area contributed by atoms with E-state index < -0.39 is 17.7 Å². The molecule has 4 rings (SSSR count). The third-order valence-electron chi connectivity index (χ3n) is 5.31. The van der Waals surface area contributed by atoms with Crippen LogP contribution in [0.15, 0.2) is 48.5 Å². The lowest BCUT2D eigenvalue weighted by Gasteiger charge is -2.30. The maximum atomic E-state index is 12.9. The van der Waals surface area contributed by atoms with Crippen molar-refractivity contribution in [3.8, 4) is 0 Å². The predicted octanol–water partition coefficient (Wildman–Crippen LogP) is 5.33. The third kappa shape index (κ3) is 3.68. The van der Waals surface area contributed by atoms with Crippen molar-refractivity contribution in [2.45, 2.75) is 19.6 Å². The van der Waals surface area contributed by atoms with E-state index in [9.17, 15) is 23.1 Å². The van der Waals surface area contributed by atoms with E-state index >= 15 is 0 Å². The van der Waals surface area contributed by atoms with E-state index in [1.54, 1.807) is 30.3 Å². The van der Waals surface area contributed by atoms with Gasteiger partial charge in [0.1, 0.15) is 0 Å². The minimum Gasteiger partial charge on any atom is -0.478 e. The maximum absolute atomic E-state index is 12.9. The first kappa shape index (κ1) is 20.1. The number of carbonyl (C=O) groups is 1. The third-order valence-corrected chi connectivity index (χ3v) is 5.31. The first-order valence-corrected chi connectivity index (χ1v) is 9.53. The van der Waals surface area contributed by atoms with Gasteiger partial charge in [-0.2, -0.15) is 13.2 Å². The number of halogens is 3. The molecular weight excluding hydrogens is 393 g/mol. The average molecular weight is 412 g/mol. The molecule has 7 heteroatoms. The Kier molecular flexibility index (Phi) is 5.07. The van der Waals surface area contributed by atoms with Crippen LogP contribution in [0.25, 0.3) is 22.6 Å². The lowest BCUT2D eigenvalue weighted by atomic mass is 9.92. The monoisotopic (exact) mass is 412 g/mol. The standard InChI is InChI=1S/C23H19F3N2O2/c1-2-28-12-15(11-14-7-9-16(10-8-14)23(24,25)26)21-18(13-28)20(22(29)30)17-5-3-4-6-19(17)27-21/h3-11H,2,12-13H2,1H3,(H,29,30)/b15-11+. The second-order valence-electron chi connectivity index (χ2n) is 7.23. The number of aromatic carboxylic acids is 1. The number of carboxylic acids is 1. The number of hydrogen-bond acceptors (Lipinski definition) is 3. The molecule has 1 N–H and O–H groups in total. The molecule has 0 radical (unpaired) electrons. The van der Waals surface area contributed by atoms with E-state index in [2.05, 4.69) is 4.90 Å². The molecule has 0 saturated carbocycles. The van der Waals surface area contributed by atoms with E-state index in [1.807, 2.05) is 6.92 Å². The molecule has 0 spiro atoms. The summed E-state index contributed by atoms with van der Waals surface area (Å²) in [6.45, 7) is 3.68. The molecule has 3 aromatic rings. The lowest BCUT2D eigenvalue weighted by molar-refractivity contribution is -0.137. The SMILES string of the molecule is CCN1C/C(=C\c2ccc(C(F)(F)F)cc2)c2nc3ccccc3c(C(=O)O)c2C1. The van der Waals surface area contributed by atoms with Crippen LogP contribution in [0, 0.1) is 0 Å². The fourth-order valence-corrected chi connectivity index (χ4v) is 3.82. The number of nitrogens with zero attached hydrogens (tertiary/aromatic N) is 2. The number of benzene rings is 2. The second kappa shape index (κ2) is 7.57. The number of alkyl halides is 3. The number of likely N-dealkylation sites (N-methyl/N-ethyl adjacent to an activating group) is 1. The molecule has 0 bridgehead atoms. The highest BCUT2D eigenvalue weighted by molar-refractivity contribution is 6.06. The van der Waals surface area contributed by atoms with Gasteiger partial charge in [0.05, 0.1) is 22.3 Å². The summed E-state index contributed by atoms with van der Waals surface area (Å²) in [6, 6.07) is 12.0. The number of rotatable bonds is 3. The van der Waals surface area contributed by atoms with Gasteiger partial charge in [0.2, 0.25) is 0 Å². The molecule has 0 amide bonds. The van der Waals surface area contributed by atoms with Crippen LogP contribution in [-0.2, 0) is 12.7 Å². The molecule has 1 aromatic heterocycles. The molecule has 0 saturated heterocycles. The zero-order chi connectivity index (χ0) is 21.5. The van der Waals surface area contributed by atoms with Crippen LogP contribution in [0.3, 0.4) is 0 Å². The number of fused-ring (bicyclic) bond motifs is 2. The topological polar surface area (TPSA) is 53.4 Å². The molecular formula is C23H19F3N2O2. The van der Waals surface area contributed by atoms with Crippen LogP contribution in [0.4, 0.5) is 13.2 Å². The number of hydrogen-bond donors (Lipinski definition) is 1. The fourth-order valence-electron chi connectivity index (χ4n) is 3.82. The van der Waals surface area contributed by atoms with Gasteiger partial charge in [-0.25, -0.2) is 9.78 Å². The predicted molar refractivity (Wildman–Crippen MR) is 109 cm³/mol. The minimum absolute atomic E-state index is 0.229. The Morgan fingerprint density at radius 3 is 2.47 bits per heavy atom. The maximum Gasteiger partial charge on any atom is 0.416 e. The Balaban J connectivity index is 1.89. The molecule has 1 aliphatic heterocycles. The summed E-state index contributed by atoms with van der Waals surface area (Å²) in [4.78, 5) is 18.9. The summed E-state index contributed by atoms with van der Waals surface area (Å²) in [7, 11) is 0. The van der Waals surface area contributed by atoms with Crippen LogP contribution >= 0.6 is 0 Å². The van der Waals surface area contributed by atoms with Crippen molar-refractivity contribution >= 4 is 28.5 Å². The molecule has 0 unspecified atom stereocenters. The Labute approximate surface area is 171 Å². The van der Waals surface area contributed by atoms with Crippen molar-refractivity contribution in [3.05, 3.63) is 76.5 Å². The molecule has 4 nitrogen and oxygen atoms in total. The average Bonchev–Trinajstić information content (AvgIpc) is 2.71. The molecule has 1 aliphatic rings. The first-order valence-electron chi connectivity index (χ1n) is 9.53. The van der Waals surface area contributed by atoms with E-state index in [4.69, 9.17) is 4.98 Å². The summed E-state index contributed by atoms with van der Waals surface area (Å²) >= 11 is 0. The molecule has 0 atom stereocenters. The van der Waals surface area contributed by atoms with E-state index in [-0.39, 0.29) is 5.56 Å². The molecule has 2 heterocycles. The van der Waals surface area contributed by atoms with Crippen molar-refractivity contribution in [2.24, 2.45) is 0 Å². The van der Waals surface area contributed by atoms with Crippen LogP contribution in [0.1, 0.15) is 39.7 Å².